The first-order valence-electron chi connectivity index (χ1n) is 10.8. The van der Waals surface area contributed by atoms with Crippen molar-refractivity contribution in [3.63, 3.8) is 0 Å². The Morgan fingerprint density at radius 3 is 2.30 bits per heavy atom. The lowest BCUT2D eigenvalue weighted by molar-refractivity contribution is 0.873. The van der Waals surface area contributed by atoms with E-state index in [1.54, 1.807) is 11.3 Å². The van der Waals surface area contributed by atoms with Gasteiger partial charge in [-0.1, -0.05) is 48.5 Å². The quantitative estimate of drug-likeness (QED) is 0.175. The van der Waals surface area contributed by atoms with Gasteiger partial charge in [0.25, 0.3) is 0 Å². The topological polar surface area (TPSA) is 28.5 Å². The van der Waals surface area contributed by atoms with E-state index in [2.05, 4.69) is 64.7 Å². The highest BCUT2D eigenvalue weighted by Gasteiger charge is 2.08. The molecule has 0 aliphatic heterocycles. The van der Waals surface area contributed by atoms with Crippen LogP contribution in [0, 0.1) is 6.92 Å². The zero-order chi connectivity index (χ0) is 23.0. The van der Waals surface area contributed by atoms with Crippen LogP contribution in [-0.2, 0) is 0 Å². The number of hydrogen-bond donors (Lipinski definition) is 0. The first-order valence-corrected chi connectivity index (χ1v) is 12.8. The molecule has 168 valence electrons. The second kappa shape index (κ2) is 11.5. The molecule has 0 aliphatic carbocycles. The molecule has 0 saturated carbocycles. The summed E-state index contributed by atoms with van der Waals surface area (Å²) in [6.07, 6.45) is 1.91. The van der Waals surface area contributed by atoms with Gasteiger partial charge in [0.15, 0.2) is 0 Å². The van der Waals surface area contributed by atoms with Crippen LogP contribution in [0.5, 0.6) is 0 Å². The molecule has 0 N–H and O–H groups in total. The van der Waals surface area contributed by atoms with Crippen molar-refractivity contribution in [1.82, 2.24) is 4.98 Å². The van der Waals surface area contributed by atoms with Crippen molar-refractivity contribution in [2.75, 3.05) is 29.7 Å². The predicted molar refractivity (Wildman–Crippen MR) is 145 cm³/mol. The maximum Gasteiger partial charge on any atom is 0.124 e. The van der Waals surface area contributed by atoms with Crippen molar-refractivity contribution >= 4 is 52.1 Å². The zero-order valence-corrected chi connectivity index (χ0v) is 20.7. The third kappa shape index (κ3) is 6.02. The van der Waals surface area contributed by atoms with Crippen molar-refractivity contribution in [1.29, 1.82) is 0 Å². The maximum absolute atomic E-state index is 5.94. The molecular formula is C27H25Cl2N3S. The summed E-state index contributed by atoms with van der Waals surface area (Å²) in [7, 11) is 0. The van der Waals surface area contributed by atoms with Gasteiger partial charge in [-0.25, -0.2) is 4.98 Å². The Morgan fingerprint density at radius 1 is 0.909 bits per heavy atom. The Morgan fingerprint density at radius 2 is 1.64 bits per heavy atom. The Balaban J connectivity index is 1.46. The largest absolute Gasteiger partial charge is 0.369 e. The van der Waals surface area contributed by atoms with E-state index in [1.807, 2.05) is 36.5 Å². The summed E-state index contributed by atoms with van der Waals surface area (Å²) in [6, 6.07) is 24.8. The van der Waals surface area contributed by atoms with Crippen molar-refractivity contribution in [2.24, 2.45) is 4.99 Å². The van der Waals surface area contributed by atoms with E-state index in [4.69, 9.17) is 28.2 Å². The molecule has 0 unspecified atom stereocenters. The fourth-order valence-electron chi connectivity index (χ4n) is 3.56. The lowest BCUT2D eigenvalue weighted by Gasteiger charge is -2.23. The molecule has 0 bridgehead atoms. The number of anilines is 1. The van der Waals surface area contributed by atoms with Crippen molar-refractivity contribution in [3.8, 4) is 21.8 Å². The average molecular weight is 494 g/mol. The third-order valence-electron chi connectivity index (χ3n) is 5.37. The summed E-state index contributed by atoms with van der Waals surface area (Å²) in [5.41, 5.74) is 7.51. The fraction of sp³-hybridized carbons (Fsp3) is 0.185. The zero-order valence-electron chi connectivity index (χ0n) is 18.4. The predicted octanol–water partition coefficient (Wildman–Crippen LogP) is 7.82. The smallest absolute Gasteiger partial charge is 0.124 e. The molecule has 3 aromatic carbocycles. The van der Waals surface area contributed by atoms with Crippen LogP contribution in [0.4, 0.5) is 11.4 Å². The second-order valence-corrected chi connectivity index (χ2v) is 9.23. The number of aliphatic imine (C=N–C) groups is 1. The second-order valence-electron chi connectivity index (χ2n) is 7.61. The monoisotopic (exact) mass is 493 g/mol. The molecular weight excluding hydrogens is 469 g/mol. The van der Waals surface area contributed by atoms with E-state index in [-0.39, 0.29) is 0 Å². The molecule has 0 atom stereocenters. The molecule has 0 aliphatic rings. The van der Waals surface area contributed by atoms with Crippen molar-refractivity contribution < 1.29 is 0 Å². The van der Waals surface area contributed by atoms with Crippen LogP contribution in [0.1, 0.15) is 11.1 Å². The lowest BCUT2D eigenvalue weighted by atomic mass is 10.1. The fourth-order valence-corrected chi connectivity index (χ4v) is 4.80. The lowest BCUT2D eigenvalue weighted by Crippen LogP contribution is -2.27. The number of benzene rings is 3. The van der Waals surface area contributed by atoms with E-state index in [0.29, 0.717) is 11.8 Å². The van der Waals surface area contributed by atoms with Crippen LogP contribution in [-0.4, -0.2) is 36.0 Å². The Kier molecular flexibility index (Phi) is 8.16. The summed E-state index contributed by atoms with van der Waals surface area (Å²) in [5, 5.41) is 3.13. The van der Waals surface area contributed by atoms with E-state index < -0.39 is 0 Å². The number of hydrogen-bond acceptors (Lipinski definition) is 4. The van der Waals surface area contributed by atoms with Crippen LogP contribution < -0.4 is 4.90 Å². The molecule has 4 rings (SSSR count). The number of rotatable bonds is 9. The third-order valence-corrected chi connectivity index (χ3v) is 6.60. The minimum atomic E-state index is 0.573. The molecule has 0 spiro atoms. The van der Waals surface area contributed by atoms with Gasteiger partial charge in [0.1, 0.15) is 5.01 Å². The first-order chi connectivity index (χ1) is 16.2. The summed E-state index contributed by atoms with van der Waals surface area (Å²) in [6.45, 7) is 3.65. The van der Waals surface area contributed by atoms with E-state index >= 15 is 0 Å². The molecule has 4 aromatic rings. The van der Waals surface area contributed by atoms with Gasteiger partial charge in [0, 0.05) is 53.3 Å². The molecule has 33 heavy (non-hydrogen) atoms. The number of halogens is 2. The highest BCUT2D eigenvalue weighted by Crippen LogP contribution is 2.29. The molecule has 0 saturated heterocycles. The molecule has 1 heterocycles. The summed E-state index contributed by atoms with van der Waals surface area (Å²) in [5.74, 6) is 1.15. The number of aryl methyl sites for hydroxylation is 1. The van der Waals surface area contributed by atoms with Crippen molar-refractivity contribution in [2.45, 2.75) is 6.92 Å². The summed E-state index contributed by atoms with van der Waals surface area (Å²) in [4.78, 5) is 11.7. The molecule has 0 amide bonds. The molecule has 1 aromatic heterocycles. The van der Waals surface area contributed by atoms with Crippen LogP contribution in [0.25, 0.3) is 21.8 Å². The van der Waals surface area contributed by atoms with E-state index in [1.165, 1.54) is 0 Å². The van der Waals surface area contributed by atoms with Crippen LogP contribution in [0.15, 0.2) is 83.2 Å². The van der Waals surface area contributed by atoms with E-state index in [9.17, 15) is 0 Å². The molecule has 0 fully saturated rings. The number of nitrogens with zero attached hydrogens (tertiary/aromatic N) is 3. The molecule has 3 nitrogen and oxygen atoms in total. The van der Waals surface area contributed by atoms with Gasteiger partial charge in [0.2, 0.25) is 0 Å². The van der Waals surface area contributed by atoms with Crippen LogP contribution >= 0.6 is 34.5 Å². The van der Waals surface area contributed by atoms with Crippen LogP contribution in [0.3, 0.4) is 0 Å². The Labute approximate surface area is 209 Å². The van der Waals surface area contributed by atoms with Crippen molar-refractivity contribution in [3.05, 3.63) is 89.3 Å². The summed E-state index contributed by atoms with van der Waals surface area (Å²) >= 11 is 13.5. The molecule has 0 radical (unpaired) electrons. The van der Waals surface area contributed by atoms with E-state index in [0.717, 1.165) is 57.4 Å². The van der Waals surface area contributed by atoms with Gasteiger partial charge >= 0.3 is 0 Å². The average Bonchev–Trinajstić information content (AvgIpc) is 3.34. The highest BCUT2D eigenvalue weighted by atomic mass is 35.5. The Bertz CT molecular complexity index is 1200. The first kappa shape index (κ1) is 23.5. The van der Waals surface area contributed by atoms with Gasteiger partial charge in [-0.3, -0.25) is 4.99 Å². The minimum absolute atomic E-state index is 0.573. The summed E-state index contributed by atoms with van der Waals surface area (Å²) < 4.78 is 0. The number of alkyl halides is 2. The van der Waals surface area contributed by atoms with Gasteiger partial charge in [-0.05, 0) is 42.3 Å². The normalized spacial score (nSPS) is 11.2. The number of aromatic nitrogens is 1. The standard InChI is InChI=1S/C27H25Cl2N3S/c1-20-17-25(32(15-13-28)16-14-29)12-9-23(20)18-30-24-10-7-21(8-11-24)26-19-33-27(31-26)22-5-3-2-4-6-22/h2-12,17-19H,13-16H2,1H3. The van der Waals surface area contributed by atoms with Crippen LogP contribution in [0.2, 0.25) is 0 Å². The van der Waals surface area contributed by atoms with Gasteiger partial charge in [0.05, 0.1) is 11.4 Å². The van der Waals surface area contributed by atoms with Gasteiger partial charge in [-0.15, -0.1) is 34.5 Å². The molecule has 6 heteroatoms. The maximum atomic E-state index is 5.94. The highest BCUT2D eigenvalue weighted by molar-refractivity contribution is 7.13. The SMILES string of the molecule is Cc1cc(N(CCCl)CCCl)ccc1C=Nc1ccc(-c2csc(-c3ccccc3)n2)cc1. The Hall–Kier alpha value is -2.66. The minimum Gasteiger partial charge on any atom is -0.369 e. The van der Waals surface area contributed by atoms with Gasteiger partial charge in [-0.2, -0.15) is 0 Å². The van der Waals surface area contributed by atoms with Gasteiger partial charge < -0.3 is 4.90 Å². The number of thiazole rings is 1.